The number of benzene rings is 1. The van der Waals surface area contributed by atoms with Crippen LogP contribution in [0.1, 0.15) is 31.2 Å². The number of carboxylic acids is 1. The van der Waals surface area contributed by atoms with Crippen LogP contribution in [0.5, 0.6) is 5.75 Å². The topological polar surface area (TPSA) is 197 Å². The Bertz CT molecular complexity index is 807. The zero-order chi connectivity index (χ0) is 25.5. The minimum Gasteiger partial charge on any atom is -0.508 e. The van der Waals surface area contributed by atoms with E-state index in [4.69, 9.17) is 16.6 Å². The van der Waals surface area contributed by atoms with Gasteiger partial charge >= 0.3 is 5.97 Å². The molecule has 0 heterocycles. The van der Waals surface area contributed by atoms with E-state index >= 15 is 0 Å². The lowest BCUT2D eigenvalue weighted by molar-refractivity contribution is -0.138. The minimum absolute atomic E-state index is 0.0438. The van der Waals surface area contributed by atoms with E-state index in [1.807, 2.05) is 6.26 Å². The molecule has 0 aliphatic heterocycles. The fourth-order valence-electron chi connectivity index (χ4n) is 3.06. The van der Waals surface area contributed by atoms with Gasteiger partial charge in [0.05, 0.1) is 6.04 Å². The third-order valence-corrected chi connectivity index (χ3v) is 5.62. The first-order valence-electron chi connectivity index (χ1n) is 11.0. The first-order valence-corrected chi connectivity index (χ1v) is 12.4. The second kappa shape index (κ2) is 15.9. The van der Waals surface area contributed by atoms with Crippen molar-refractivity contribution in [2.75, 3.05) is 25.1 Å². The first kappa shape index (κ1) is 29.2. The molecule has 0 spiro atoms. The van der Waals surface area contributed by atoms with Crippen molar-refractivity contribution in [3.8, 4) is 5.75 Å². The highest BCUT2D eigenvalue weighted by atomic mass is 32.2. The predicted molar refractivity (Wildman–Crippen MR) is 130 cm³/mol. The number of phenolic OH excluding ortho intramolecular Hbond substituents is 1. The number of phenols is 1. The number of hydrogen-bond acceptors (Lipinski definition) is 8. The van der Waals surface area contributed by atoms with Crippen LogP contribution < -0.4 is 27.4 Å². The van der Waals surface area contributed by atoms with Gasteiger partial charge in [-0.2, -0.15) is 11.8 Å². The molecule has 3 unspecified atom stereocenters. The highest BCUT2D eigenvalue weighted by Gasteiger charge is 2.28. The van der Waals surface area contributed by atoms with Crippen LogP contribution in [0, 0.1) is 0 Å². The quantitative estimate of drug-likeness (QED) is 0.145. The number of nitrogens with two attached hydrogens (primary N) is 2. The van der Waals surface area contributed by atoms with Crippen molar-refractivity contribution in [2.45, 2.75) is 50.2 Å². The molecular weight excluding hydrogens is 462 g/mol. The van der Waals surface area contributed by atoms with Gasteiger partial charge in [-0.25, -0.2) is 0 Å². The highest BCUT2D eigenvalue weighted by molar-refractivity contribution is 7.98. The van der Waals surface area contributed by atoms with Gasteiger partial charge in [0.15, 0.2) is 0 Å². The molecule has 11 nitrogen and oxygen atoms in total. The van der Waals surface area contributed by atoms with Crippen molar-refractivity contribution in [3.05, 3.63) is 29.8 Å². The maximum Gasteiger partial charge on any atom is 0.322 e. The number of amides is 3. The van der Waals surface area contributed by atoms with Crippen LogP contribution in [0.15, 0.2) is 24.3 Å². The van der Waals surface area contributed by atoms with Crippen LogP contribution in [-0.4, -0.2) is 77.1 Å². The molecule has 0 radical (unpaired) electrons. The molecule has 1 rings (SSSR count). The second-order valence-electron chi connectivity index (χ2n) is 7.78. The van der Waals surface area contributed by atoms with Crippen molar-refractivity contribution >= 4 is 35.5 Å². The van der Waals surface area contributed by atoms with Gasteiger partial charge in [0.25, 0.3) is 0 Å². The summed E-state index contributed by atoms with van der Waals surface area (Å²) in [6, 6.07) is 3.26. The van der Waals surface area contributed by atoms with Gasteiger partial charge in [-0.3, -0.25) is 19.2 Å². The fourth-order valence-corrected chi connectivity index (χ4v) is 3.53. The van der Waals surface area contributed by atoms with Gasteiger partial charge in [0, 0.05) is 6.42 Å². The first-order chi connectivity index (χ1) is 16.2. The zero-order valence-electron chi connectivity index (χ0n) is 19.3. The molecule has 12 heteroatoms. The maximum atomic E-state index is 13.0. The summed E-state index contributed by atoms with van der Waals surface area (Å²) in [5.41, 5.74) is 12.0. The van der Waals surface area contributed by atoms with Crippen molar-refractivity contribution in [1.82, 2.24) is 16.0 Å². The summed E-state index contributed by atoms with van der Waals surface area (Å²) in [7, 11) is 0. The summed E-state index contributed by atoms with van der Waals surface area (Å²) in [5, 5.41) is 25.9. The molecule has 1 aromatic carbocycles. The molecular formula is C22H35N5O6S. The van der Waals surface area contributed by atoms with Crippen LogP contribution in [0.3, 0.4) is 0 Å². The molecule has 0 fully saturated rings. The van der Waals surface area contributed by atoms with Gasteiger partial charge in [-0.05, 0) is 55.5 Å². The third-order valence-electron chi connectivity index (χ3n) is 4.97. The summed E-state index contributed by atoms with van der Waals surface area (Å²) in [4.78, 5) is 49.0. The van der Waals surface area contributed by atoms with Crippen LogP contribution in [0.2, 0.25) is 0 Å². The number of hydrogen-bond donors (Lipinski definition) is 7. The number of nitrogens with one attached hydrogen (secondary N) is 3. The Morgan fingerprint density at radius 3 is 2.21 bits per heavy atom. The molecule has 0 aliphatic carbocycles. The predicted octanol–water partition coefficient (Wildman–Crippen LogP) is -0.685. The lowest BCUT2D eigenvalue weighted by Crippen LogP contribution is -2.56. The normalized spacial score (nSPS) is 13.4. The molecule has 0 aromatic heterocycles. The molecule has 0 saturated carbocycles. The van der Waals surface area contributed by atoms with Crippen molar-refractivity contribution in [2.24, 2.45) is 11.5 Å². The summed E-state index contributed by atoms with van der Waals surface area (Å²) in [6.07, 6.45) is 4.09. The van der Waals surface area contributed by atoms with Gasteiger partial charge < -0.3 is 37.6 Å². The Balaban J connectivity index is 2.94. The highest BCUT2D eigenvalue weighted by Crippen LogP contribution is 2.12. The number of aliphatic carboxylic acids is 1. The molecule has 3 amide bonds. The molecule has 3 atom stereocenters. The van der Waals surface area contributed by atoms with Crippen LogP contribution in [0.25, 0.3) is 0 Å². The monoisotopic (exact) mass is 497 g/mol. The Kier molecular flexibility index (Phi) is 13.7. The molecule has 1 aromatic rings. The number of carbonyl (C=O) groups excluding carboxylic acids is 3. The smallest absolute Gasteiger partial charge is 0.322 e. The molecule has 34 heavy (non-hydrogen) atoms. The summed E-state index contributed by atoms with van der Waals surface area (Å²) >= 11 is 1.50. The van der Waals surface area contributed by atoms with E-state index in [1.165, 1.54) is 23.9 Å². The number of unbranched alkanes of at least 4 members (excludes halogenated alkanes) is 1. The standard InChI is InChI=1S/C22H35N5O6S/c1-34-11-9-17(26-20(31)16(24)4-2-3-10-23)22(33)27-18(21(32)25-13-19(29)30)12-14-5-7-15(28)8-6-14/h5-8,16-18,28H,2-4,9-13,23-24H2,1H3,(H,25,32)(H,26,31)(H,27,33)(H,29,30). The van der Waals surface area contributed by atoms with E-state index < -0.39 is 48.4 Å². The van der Waals surface area contributed by atoms with Crippen LogP contribution in [0.4, 0.5) is 0 Å². The molecule has 0 saturated heterocycles. The Morgan fingerprint density at radius 1 is 0.971 bits per heavy atom. The van der Waals surface area contributed by atoms with Crippen LogP contribution in [-0.2, 0) is 25.6 Å². The van der Waals surface area contributed by atoms with Gasteiger partial charge in [0.2, 0.25) is 17.7 Å². The van der Waals surface area contributed by atoms with E-state index in [9.17, 15) is 24.3 Å². The number of carbonyl (C=O) groups is 4. The Labute approximate surface area is 203 Å². The van der Waals surface area contributed by atoms with Crippen molar-refractivity contribution < 1.29 is 29.4 Å². The van der Waals surface area contributed by atoms with E-state index in [1.54, 1.807) is 12.1 Å². The lowest BCUT2D eigenvalue weighted by Gasteiger charge is -2.24. The van der Waals surface area contributed by atoms with Crippen molar-refractivity contribution in [1.29, 1.82) is 0 Å². The molecule has 0 bridgehead atoms. The minimum atomic E-state index is -1.23. The van der Waals surface area contributed by atoms with E-state index in [2.05, 4.69) is 16.0 Å². The molecule has 9 N–H and O–H groups in total. The zero-order valence-corrected chi connectivity index (χ0v) is 20.1. The number of rotatable bonds is 16. The molecule has 0 aliphatic rings. The average Bonchev–Trinajstić information content (AvgIpc) is 2.80. The Morgan fingerprint density at radius 2 is 1.62 bits per heavy atom. The number of carboxylic acid groups (broad SMARTS) is 1. The largest absolute Gasteiger partial charge is 0.508 e. The summed E-state index contributed by atoms with van der Waals surface area (Å²) in [5.74, 6) is -2.33. The maximum absolute atomic E-state index is 13.0. The fraction of sp³-hybridized carbons (Fsp3) is 0.545. The van der Waals surface area contributed by atoms with Crippen molar-refractivity contribution in [3.63, 3.8) is 0 Å². The Hall–Kier alpha value is -2.83. The van der Waals surface area contributed by atoms with Gasteiger partial charge in [-0.1, -0.05) is 18.6 Å². The third kappa shape index (κ3) is 11.3. The van der Waals surface area contributed by atoms with Crippen LogP contribution >= 0.6 is 11.8 Å². The van der Waals surface area contributed by atoms with Gasteiger partial charge in [0.1, 0.15) is 24.4 Å². The summed E-state index contributed by atoms with van der Waals surface area (Å²) < 4.78 is 0. The second-order valence-corrected chi connectivity index (χ2v) is 8.76. The van der Waals surface area contributed by atoms with E-state index in [-0.39, 0.29) is 12.2 Å². The number of aromatic hydroxyl groups is 1. The SMILES string of the molecule is CSCCC(NC(=O)C(N)CCCCN)C(=O)NC(Cc1ccc(O)cc1)C(=O)NCC(=O)O. The number of thioether (sulfide) groups is 1. The lowest BCUT2D eigenvalue weighted by atomic mass is 10.0. The molecule has 190 valence electrons. The van der Waals surface area contributed by atoms with Gasteiger partial charge in [-0.15, -0.1) is 0 Å². The average molecular weight is 498 g/mol. The van der Waals surface area contributed by atoms with E-state index in [0.717, 1.165) is 6.42 Å². The van der Waals surface area contributed by atoms with E-state index in [0.29, 0.717) is 37.1 Å². The summed E-state index contributed by atoms with van der Waals surface area (Å²) in [6.45, 7) is -0.107.